The van der Waals surface area contributed by atoms with Crippen LogP contribution in [0.15, 0.2) is 54.9 Å². The van der Waals surface area contributed by atoms with Crippen LogP contribution >= 0.6 is 0 Å². The molecule has 5 nitrogen and oxygen atoms in total. The number of hydrogen-bond donors (Lipinski definition) is 0. The van der Waals surface area contributed by atoms with Crippen LogP contribution in [0.2, 0.25) is 0 Å². The minimum Gasteiger partial charge on any atom is -0.353 e. The lowest BCUT2D eigenvalue weighted by molar-refractivity contribution is 0.194. The largest absolute Gasteiger partial charge is 0.353 e. The van der Waals surface area contributed by atoms with Crippen molar-refractivity contribution in [3.63, 3.8) is 0 Å². The van der Waals surface area contributed by atoms with Crippen LogP contribution in [0.5, 0.6) is 0 Å². The predicted octanol–water partition coefficient (Wildman–Crippen LogP) is 2.02. The van der Waals surface area contributed by atoms with Crippen LogP contribution in [-0.2, 0) is 24.6 Å². The van der Waals surface area contributed by atoms with E-state index in [1.807, 2.05) is 42.5 Å². The highest BCUT2D eigenvalue weighted by Crippen LogP contribution is 2.57. The van der Waals surface area contributed by atoms with E-state index < -0.39 is 15.7 Å². The zero-order valence-corrected chi connectivity index (χ0v) is 12.3. The fraction of sp³-hybridized carbons (Fsp3) is 0.267. The molecule has 0 aliphatic carbocycles. The maximum absolute atomic E-state index is 11.3. The molecule has 21 heavy (non-hydrogen) atoms. The van der Waals surface area contributed by atoms with Crippen molar-refractivity contribution in [2.45, 2.75) is 11.7 Å². The molecule has 1 aliphatic heterocycles. The Labute approximate surface area is 123 Å². The third kappa shape index (κ3) is 2.97. The quantitative estimate of drug-likeness (QED) is 0.624. The van der Waals surface area contributed by atoms with E-state index in [2.05, 4.69) is 4.98 Å². The van der Waals surface area contributed by atoms with Crippen LogP contribution in [-0.4, -0.2) is 26.3 Å². The Bertz CT molecular complexity index is 718. The van der Waals surface area contributed by atoms with Gasteiger partial charge in [0.25, 0.3) is 10.1 Å². The minimum absolute atomic E-state index is 0.0462. The van der Waals surface area contributed by atoms with Crippen molar-refractivity contribution in [3.05, 3.63) is 66.0 Å². The highest BCUT2D eigenvalue weighted by Gasteiger charge is 2.59. The summed E-state index contributed by atoms with van der Waals surface area (Å²) in [5.41, 5.74) is 1.02. The Kier molecular flexibility index (Phi) is 3.52. The lowest BCUT2D eigenvalue weighted by Crippen LogP contribution is -2.20. The molecule has 3 rings (SSSR count). The van der Waals surface area contributed by atoms with E-state index in [9.17, 15) is 8.42 Å². The van der Waals surface area contributed by atoms with Gasteiger partial charge in [-0.25, -0.2) is 0 Å². The summed E-state index contributed by atoms with van der Waals surface area (Å²) in [6.07, 6.45) is 4.18. The third-order valence-electron chi connectivity index (χ3n) is 3.43. The van der Waals surface area contributed by atoms with Crippen molar-refractivity contribution in [1.82, 2.24) is 4.98 Å². The molecule has 1 aliphatic rings. The Morgan fingerprint density at radius 3 is 2.62 bits per heavy atom. The molecule has 0 radical (unpaired) electrons. The van der Waals surface area contributed by atoms with Crippen molar-refractivity contribution in [1.29, 1.82) is 0 Å². The summed E-state index contributed by atoms with van der Waals surface area (Å²) < 4.78 is 33.4. The molecule has 0 unspecified atom stereocenters. The second-order valence-corrected chi connectivity index (χ2v) is 6.65. The SMILES string of the molecule is CS(=O)(=O)OC[C@]1(c2ccccc2)O[C@H]1c1cccnc1. The highest BCUT2D eigenvalue weighted by molar-refractivity contribution is 7.85. The van der Waals surface area contributed by atoms with Crippen molar-refractivity contribution in [2.75, 3.05) is 12.9 Å². The van der Waals surface area contributed by atoms with Gasteiger partial charge in [-0.2, -0.15) is 8.42 Å². The van der Waals surface area contributed by atoms with E-state index in [4.69, 9.17) is 8.92 Å². The fourth-order valence-corrected chi connectivity index (χ4v) is 2.76. The average Bonchev–Trinajstić information content (AvgIpc) is 3.23. The second kappa shape index (κ2) is 5.22. The molecule has 0 spiro atoms. The van der Waals surface area contributed by atoms with Crippen molar-refractivity contribution in [3.8, 4) is 0 Å². The predicted molar refractivity (Wildman–Crippen MR) is 77.0 cm³/mol. The Morgan fingerprint density at radius 1 is 1.24 bits per heavy atom. The second-order valence-electron chi connectivity index (χ2n) is 5.01. The fourth-order valence-electron chi connectivity index (χ4n) is 2.37. The first-order valence-electron chi connectivity index (χ1n) is 6.49. The number of hydrogen-bond acceptors (Lipinski definition) is 5. The summed E-state index contributed by atoms with van der Waals surface area (Å²) in [6.45, 7) is -0.0462. The minimum atomic E-state index is -3.53. The van der Waals surface area contributed by atoms with E-state index in [1.165, 1.54) is 0 Å². The summed E-state index contributed by atoms with van der Waals surface area (Å²) in [5.74, 6) is 0. The standard InChI is InChI=1S/C15H15NO4S/c1-21(17,18)19-11-15(13-7-3-2-4-8-13)14(20-15)12-6-5-9-16-10-12/h2-10,14H,11H2,1H3/t14-,15+/m0/s1. The molecule has 6 heteroatoms. The molecule has 1 aromatic heterocycles. The van der Waals surface area contributed by atoms with Gasteiger partial charge in [-0.1, -0.05) is 36.4 Å². The maximum Gasteiger partial charge on any atom is 0.264 e. The molecule has 2 heterocycles. The van der Waals surface area contributed by atoms with Crippen molar-refractivity contribution >= 4 is 10.1 Å². The topological polar surface area (TPSA) is 68.8 Å². The van der Waals surface area contributed by atoms with Crippen LogP contribution < -0.4 is 0 Å². The lowest BCUT2D eigenvalue weighted by Gasteiger charge is -2.13. The first-order chi connectivity index (χ1) is 10.0. The average molecular weight is 305 g/mol. The van der Waals surface area contributed by atoms with Gasteiger partial charge >= 0.3 is 0 Å². The zero-order chi connectivity index (χ0) is 14.9. The molecule has 0 N–H and O–H groups in total. The third-order valence-corrected chi connectivity index (χ3v) is 3.98. The molecule has 1 aromatic carbocycles. The van der Waals surface area contributed by atoms with Crippen LogP contribution in [0.1, 0.15) is 17.2 Å². The Morgan fingerprint density at radius 2 is 2.00 bits per heavy atom. The van der Waals surface area contributed by atoms with Crippen LogP contribution in [0.4, 0.5) is 0 Å². The molecule has 2 atom stereocenters. The van der Waals surface area contributed by atoms with E-state index in [-0.39, 0.29) is 12.7 Å². The van der Waals surface area contributed by atoms with Gasteiger partial charge in [-0.15, -0.1) is 0 Å². The number of epoxide rings is 1. The molecule has 0 saturated carbocycles. The summed E-state index contributed by atoms with van der Waals surface area (Å²) in [4.78, 5) is 4.07. The monoisotopic (exact) mass is 305 g/mol. The summed E-state index contributed by atoms with van der Waals surface area (Å²) in [5, 5.41) is 0. The molecule has 1 fully saturated rings. The Hall–Kier alpha value is -1.76. The van der Waals surface area contributed by atoms with Crippen molar-refractivity contribution in [2.24, 2.45) is 0 Å². The molecular formula is C15H15NO4S. The maximum atomic E-state index is 11.3. The van der Waals surface area contributed by atoms with Gasteiger partial charge in [-0.05, 0) is 11.6 Å². The molecular weight excluding hydrogens is 290 g/mol. The van der Waals surface area contributed by atoms with E-state index in [0.717, 1.165) is 17.4 Å². The van der Waals surface area contributed by atoms with Gasteiger partial charge < -0.3 is 4.74 Å². The molecule has 110 valence electrons. The number of aromatic nitrogens is 1. The highest BCUT2D eigenvalue weighted by atomic mass is 32.2. The zero-order valence-electron chi connectivity index (χ0n) is 11.5. The van der Waals surface area contributed by atoms with Gasteiger partial charge in [0, 0.05) is 18.0 Å². The summed E-state index contributed by atoms with van der Waals surface area (Å²) >= 11 is 0. The molecule has 0 bridgehead atoms. The van der Waals surface area contributed by atoms with Gasteiger partial charge in [-0.3, -0.25) is 9.17 Å². The number of rotatable bonds is 5. The van der Waals surface area contributed by atoms with Gasteiger partial charge in [0.05, 0.1) is 6.26 Å². The van der Waals surface area contributed by atoms with E-state index in [1.54, 1.807) is 12.4 Å². The summed E-state index contributed by atoms with van der Waals surface area (Å²) in [7, 11) is -3.53. The van der Waals surface area contributed by atoms with Gasteiger partial charge in [0.15, 0.2) is 0 Å². The number of pyridine rings is 1. The Balaban J connectivity index is 1.91. The lowest BCUT2D eigenvalue weighted by atomic mass is 9.93. The van der Waals surface area contributed by atoms with Crippen LogP contribution in [0, 0.1) is 0 Å². The van der Waals surface area contributed by atoms with Crippen LogP contribution in [0.3, 0.4) is 0 Å². The van der Waals surface area contributed by atoms with E-state index in [0.29, 0.717) is 0 Å². The van der Waals surface area contributed by atoms with Crippen molar-refractivity contribution < 1.29 is 17.3 Å². The van der Waals surface area contributed by atoms with Gasteiger partial charge in [0.2, 0.25) is 0 Å². The first kappa shape index (κ1) is 14.2. The van der Waals surface area contributed by atoms with E-state index >= 15 is 0 Å². The van der Waals surface area contributed by atoms with Gasteiger partial charge in [0.1, 0.15) is 18.3 Å². The smallest absolute Gasteiger partial charge is 0.264 e. The van der Waals surface area contributed by atoms with Crippen LogP contribution in [0.25, 0.3) is 0 Å². The molecule has 0 amide bonds. The first-order valence-corrected chi connectivity index (χ1v) is 8.31. The molecule has 1 saturated heterocycles. The number of benzene rings is 1. The molecule has 2 aromatic rings. The normalized spacial score (nSPS) is 24.7. The summed E-state index contributed by atoms with van der Waals surface area (Å²) in [6, 6.07) is 13.2. The number of nitrogens with zero attached hydrogens (tertiary/aromatic N) is 1. The number of ether oxygens (including phenoxy) is 1.